The fourth-order valence-electron chi connectivity index (χ4n) is 1.64. The highest BCUT2D eigenvalue weighted by atomic mass is 16.5. The first-order chi connectivity index (χ1) is 10.1. The van der Waals surface area contributed by atoms with Crippen LogP contribution in [0, 0.1) is 11.3 Å². The minimum atomic E-state index is -0.487. The Kier molecular flexibility index (Phi) is 6.78. The van der Waals surface area contributed by atoms with Crippen molar-refractivity contribution in [3.8, 4) is 11.8 Å². The molecular formula is C15H19N3O3. The van der Waals surface area contributed by atoms with Crippen LogP contribution in [0.15, 0.2) is 36.0 Å². The molecule has 1 aromatic rings. The number of hydrogen-bond donors (Lipinski definition) is 2. The maximum Gasteiger partial charge on any atom is 0.267 e. The second-order valence-corrected chi connectivity index (χ2v) is 4.19. The predicted octanol–water partition coefficient (Wildman–Crippen LogP) is 1.36. The van der Waals surface area contributed by atoms with Crippen LogP contribution in [0.2, 0.25) is 0 Å². The summed E-state index contributed by atoms with van der Waals surface area (Å²) in [6.07, 6.45) is 1.45. The molecule has 0 fully saturated rings. The molecule has 0 heterocycles. The van der Waals surface area contributed by atoms with Crippen molar-refractivity contribution in [2.24, 2.45) is 0 Å². The molecule has 0 saturated carbocycles. The van der Waals surface area contributed by atoms with Gasteiger partial charge in [-0.1, -0.05) is 0 Å². The molecule has 2 N–H and O–H groups in total. The van der Waals surface area contributed by atoms with Crippen LogP contribution in [0.4, 0.5) is 5.69 Å². The van der Waals surface area contributed by atoms with Crippen molar-refractivity contribution in [3.63, 3.8) is 0 Å². The number of benzene rings is 1. The minimum absolute atomic E-state index is 0.0129. The van der Waals surface area contributed by atoms with Gasteiger partial charge < -0.3 is 20.1 Å². The monoisotopic (exact) mass is 289 g/mol. The van der Waals surface area contributed by atoms with Gasteiger partial charge in [0.2, 0.25) is 0 Å². The Morgan fingerprint density at radius 1 is 1.48 bits per heavy atom. The number of methoxy groups -OCH3 is 1. The lowest BCUT2D eigenvalue weighted by Gasteiger charge is -2.17. The van der Waals surface area contributed by atoms with Gasteiger partial charge in [-0.05, 0) is 31.2 Å². The Hall–Kier alpha value is -2.52. The van der Waals surface area contributed by atoms with Crippen molar-refractivity contribution in [2.45, 2.75) is 6.92 Å². The Balaban J connectivity index is 2.78. The number of nitrogens with zero attached hydrogens (tertiary/aromatic N) is 2. The van der Waals surface area contributed by atoms with Gasteiger partial charge in [0.05, 0.1) is 13.7 Å². The average molecular weight is 289 g/mol. The van der Waals surface area contributed by atoms with Gasteiger partial charge >= 0.3 is 0 Å². The van der Waals surface area contributed by atoms with E-state index in [-0.39, 0.29) is 12.2 Å². The highest BCUT2D eigenvalue weighted by molar-refractivity contribution is 6.06. The number of likely N-dealkylation sites (N-methyl/N-ethyl adjacent to an activating group) is 1. The van der Waals surface area contributed by atoms with Gasteiger partial charge in [-0.3, -0.25) is 4.79 Å². The number of carbonyl (C=O) groups excluding carboxylic acids is 1. The Morgan fingerprint density at radius 2 is 2.14 bits per heavy atom. The molecule has 21 heavy (non-hydrogen) atoms. The van der Waals surface area contributed by atoms with E-state index in [1.54, 1.807) is 36.3 Å². The van der Waals surface area contributed by atoms with E-state index in [9.17, 15) is 4.79 Å². The van der Waals surface area contributed by atoms with Crippen LogP contribution in [0.5, 0.6) is 5.75 Å². The molecule has 6 nitrogen and oxygen atoms in total. The largest absolute Gasteiger partial charge is 0.497 e. The summed E-state index contributed by atoms with van der Waals surface area (Å²) >= 11 is 0. The molecule has 112 valence electrons. The topological polar surface area (TPSA) is 85.6 Å². The molecule has 1 rings (SSSR count). The molecule has 0 unspecified atom stereocenters. The molecule has 0 spiro atoms. The number of rotatable bonds is 7. The standard InChI is InChI=1S/C15H19N3O3/c1-3-18(8-9-19)11-12(10-16)15(20)17-13-4-6-14(21-2)7-5-13/h4-7,11,19H,3,8-9H2,1-2H3,(H,17,20)/b12-11-. The molecule has 0 bridgehead atoms. The van der Waals surface area contributed by atoms with Crippen molar-refractivity contribution in [2.75, 3.05) is 32.1 Å². The van der Waals surface area contributed by atoms with Gasteiger partial charge in [0.25, 0.3) is 5.91 Å². The van der Waals surface area contributed by atoms with Gasteiger partial charge in [-0.2, -0.15) is 5.26 Å². The maximum atomic E-state index is 12.0. The number of anilines is 1. The van der Waals surface area contributed by atoms with Crippen molar-refractivity contribution in [1.29, 1.82) is 5.26 Å². The molecule has 0 aliphatic rings. The highest BCUT2D eigenvalue weighted by Crippen LogP contribution is 2.15. The zero-order valence-corrected chi connectivity index (χ0v) is 12.2. The Morgan fingerprint density at radius 3 is 2.62 bits per heavy atom. The number of amides is 1. The van der Waals surface area contributed by atoms with Crippen LogP contribution in [0.3, 0.4) is 0 Å². The van der Waals surface area contributed by atoms with E-state index in [0.29, 0.717) is 24.5 Å². The van der Waals surface area contributed by atoms with E-state index in [1.807, 2.05) is 13.0 Å². The third-order valence-corrected chi connectivity index (χ3v) is 2.82. The number of ether oxygens (including phenoxy) is 1. The van der Waals surface area contributed by atoms with Crippen LogP contribution in [-0.2, 0) is 4.79 Å². The molecule has 1 amide bonds. The lowest BCUT2D eigenvalue weighted by Crippen LogP contribution is -2.23. The summed E-state index contributed by atoms with van der Waals surface area (Å²) in [5.74, 6) is 0.197. The number of hydrogen-bond acceptors (Lipinski definition) is 5. The lowest BCUT2D eigenvalue weighted by atomic mass is 10.2. The van der Waals surface area contributed by atoms with E-state index in [4.69, 9.17) is 15.1 Å². The van der Waals surface area contributed by atoms with Gasteiger partial charge in [-0.15, -0.1) is 0 Å². The minimum Gasteiger partial charge on any atom is -0.497 e. The third-order valence-electron chi connectivity index (χ3n) is 2.82. The van der Waals surface area contributed by atoms with Crippen LogP contribution < -0.4 is 10.1 Å². The quantitative estimate of drug-likeness (QED) is 0.584. The Bertz CT molecular complexity index is 532. The van der Waals surface area contributed by atoms with Crippen LogP contribution in [-0.4, -0.2) is 42.7 Å². The fraction of sp³-hybridized carbons (Fsp3) is 0.333. The van der Waals surface area contributed by atoms with Crippen molar-refractivity contribution < 1.29 is 14.6 Å². The number of nitrogens with one attached hydrogen (secondary N) is 1. The van der Waals surface area contributed by atoms with E-state index < -0.39 is 5.91 Å². The number of nitriles is 1. The number of carbonyl (C=O) groups is 1. The summed E-state index contributed by atoms with van der Waals surface area (Å²) in [5.41, 5.74) is 0.563. The normalized spacial score (nSPS) is 10.7. The highest BCUT2D eigenvalue weighted by Gasteiger charge is 2.11. The molecule has 0 aromatic heterocycles. The summed E-state index contributed by atoms with van der Waals surface area (Å²) in [4.78, 5) is 13.7. The van der Waals surface area contributed by atoms with Crippen molar-refractivity contribution in [3.05, 3.63) is 36.0 Å². The summed E-state index contributed by atoms with van der Waals surface area (Å²) in [7, 11) is 1.56. The number of aliphatic hydroxyl groups is 1. The molecule has 0 saturated heterocycles. The van der Waals surface area contributed by atoms with Crippen molar-refractivity contribution >= 4 is 11.6 Å². The van der Waals surface area contributed by atoms with E-state index >= 15 is 0 Å². The van der Waals surface area contributed by atoms with Crippen molar-refractivity contribution in [1.82, 2.24) is 4.90 Å². The first-order valence-electron chi connectivity index (χ1n) is 6.56. The van der Waals surface area contributed by atoms with Crippen LogP contribution >= 0.6 is 0 Å². The Labute approximate surface area is 124 Å². The van der Waals surface area contributed by atoms with Crippen LogP contribution in [0.25, 0.3) is 0 Å². The summed E-state index contributed by atoms with van der Waals surface area (Å²) < 4.78 is 5.03. The molecule has 6 heteroatoms. The summed E-state index contributed by atoms with van der Waals surface area (Å²) in [5, 5.41) is 20.6. The second-order valence-electron chi connectivity index (χ2n) is 4.19. The van der Waals surface area contributed by atoms with Crippen LogP contribution in [0.1, 0.15) is 6.92 Å². The molecule has 1 aromatic carbocycles. The lowest BCUT2D eigenvalue weighted by molar-refractivity contribution is -0.112. The molecule has 0 aliphatic heterocycles. The van der Waals surface area contributed by atoms with Gasteiger partial charge in [0.1, 0.15) is 17.4 Å². The van der Waals surface area contributed by atoms with E-state index in [1.165, 1.54) is 6.20 Å². The third kappa shape index (κ3) is 5.16. The zero-order chi connectivity index (χ0) is 15.7. The summed E-state index contributed by atoms with van der Waals surface area (Å²) in [6, 6.07) is 8.69. The second kappa shape index (κ2) is 8.61. The van der Waals surface area contributed by atoms with Gasteiger partial charge in [0, 0.05) is 25.0 Å². The number of aliphatic hydroxyl groups excluding tert-OH is 1. The average Bonchev–Trinajstić information content (AvgIpc) is 2.52. The predicted molar refractivity (Wildman–Crippen MR) is 79.7 cm³/mol. The molecular weight excluding hydrogens is 270 g/mol. The fourth-order valence-corrected chi connectivity index (χ4v) is 1.64. The van der Waals surface area contributed by atoms with Gasteiger partial charge in [0.15, 0.2) is 0 Å². The first-order valence-corrected chi connectivity index (χ1v) is 6.56. The van der Waals surface area contributed by atoms with Gasteiger partial charge in [-0.25, -0.2) is 0 Å². The SMILES string of the molecule is CCN(/C=C(/C#N)C(=O)Nc1ccc(OC)cc1)CCO. The molecule has 0 radical (unpaired) electrons. The molecule has 0 aliphatic carbocycles. The summed E-state index contributed by atoms with van der Waals surface area (Å²) in [6.45, 7) is 2.81. The van der Waals surface area contributed by atoms with E-state index in [0.717, 1.165) is 0 Å². The zero-order valence-electron chi connectivity index (χ0n) is 12.2. The maximum absolute atomic E-state index is 12.0. The smallest absolute Gasteiger partial charge is 0.267 e. The molecule has 0 atom stereocenters. The van der Waals surface area contributed by atoms with E-state index in [2.05, 4.69) is 5.32 Å². The first kappa shape index (κ1) is 16.5.